The zero-order valence-corrected chi connectivity index (χ0v) is 14.0. The van der Waals surface area contributed by atoms with Gasteiger partial charge in [0, 0.05) is 44.6 Å². The van der Waals surface area contributed by atoms with Gasteiger partial charge in [0.05, 0.1) is 17.7 Å². The van der Waals surface area contributed by atoms with Crippen molar-refractivity contribution in [3.8, 4) is 5.88 Å². The van der Waals surface area contributed by atoms with Gasteiger partial charge in [0.1, 0.15) is 5.82 Å². The van der Waals surface area contributed by atoms with Crippen molar-refractivity contribution in [3.63, 3.8) is 0 Å². The normalized spacial score (nSPS) is 15.4. The average molecular weight is 374 g/mol. The smallest absolute Gasteiger partial charge is 0.417 e. The summed E-state index contributed by atoms with van der Waals surface area (Å²) in [6.07, 6.45) is -2.04. The number of piperazine rings is 1. The van der Waals surface area contributed by atoms with Gasteiger partial charge < -0.3 is 14.5 Å². The first-order valence-electron chi connectivity index (χ1n) is 7.48. The molecule has 10 heteroatoms. The maximum atomic E-state index is 12.7. The summed E-state index contributed by atoms with van der Waals surface area (Å²) in [5.74, 6) is 1.37. The first-order valence-corrected chi connectivity index (χ1v) is 7.86. The maximum absolute atomic E-state index is 12.7. The van der Waals surface area contributed by atoms with Crippen LogP contribution in [0.4, 0.5) is 24.9 Å². The monoisotopic (exact) mass is 373 g/mol. The minimum absolute atomic E-state index is 0.0131. The lowest BCUT2D eigenvalue weighted by Crippen LogP contribution is -2.47. The summed E-state index contributed by atoms with van der Waals surface area (Å²) in [6.45, 7) is 2.26. The van der Waals surface area contributed by atoms with Crippen LogP contribution in [0.3, 0.4) is 0 Å². The van der Waals surface area contributed by atoms with Crippen molar-refractivity contribution >= 4 is 23.4 Å². The first kappa shape index (κ1) is 17.5. The number of anilines is 2. The van der Waals surface area contributed by atoms with E-state index in [0.29, 0.717) is 43.8 Å². The summed E-state index contributed by atoms with van der Waals surface area (Å²) in [5.41, 5.74) is -0.857. The molecule has 0 unspecified atom stereocenters. The van der Waals surface area contributed by atoms with E-state index in [-0.39, 0.29) is 5.02 Å². The molecule has 0 atom stereocenters. The van der Waals surface area contributed by atoms with Crippen molar-refractivity contribution in [3.05, 3.63) is 35.1 Å². The van der Waals surface area contributed by atoms with Crippen molar-refractivity contribution < 1.29 is 17.9 Å². The van der Waals surface area contributed by atoms with Crippen LogP contribution in [0.15, 0.2) is 24.5 Å². The highest BCUT2D eigenvalue weighted by atomic mass is 35.5. The van der Waals surface area contributed by atoms with Crippen LogP contribution in [0.25, 0.3) is 0 Å². The Balaban J connectivity index is 1.70. The third-order valence-corrected chi connectivity index (χ3v) is 4.12. The number of pyridine rings is 1. The second-order valence-electron chi connectivity index (χ2n) is 5.40. The number of halogens is 4. The summed E-state index contributed by atoms with van der Waals surface area (Å²) < 4.78 is 43.2. The maximum Gasteiger partial charge on any atom is 0.417 e. The predicted molar refractivity (Wildman–Crippen MR) is 87.3 cm³/mol. The Labute approximate surface area is 147 Å². The van der Waals surface area contributed by atoms with Crippen LogP contribution in [-0.4, -0.2) is 48.2 Å². The molecule has 1 saturated heterocycles. The molecule has 25 heavy (non-hydrogen) atoms. The molecule has 2 aromatic rings. The fourth-order valence-electron chi connectivity index (χ4n) is 2.54. The summed E-state index contributed by atoms with van der Waals surface area (Å²) in [6, 6.07) is 2.56. The Bertz CT molecular complexity index is 750. The second kappa shape index (κ2) is 6.91. The number of hydrogen-bond donors (Lipinski definition) is 0. The van der Waals surface area contributed by atoms with Gasteiger partial charge in [0.25, 0.3) is 0 Å². The van der Waals surface area contributed by atoms with Gasteiger partial charge in [-0.2, -0.15) is 18.2 Å². The SMILES string of the molecule is COc1ccnc(N2CCN(c3ncc(C(F)(F)F)cc3Cl)CC2)n1. The van der Waals surface area contributed by atoms with E-state index >= 15 is 0 Å². The lowest BCUT2D eigenvalue weighted by Gasteiger charge is -2.35. The number of nitrogens with zero attached hydrogens (tertiary/aromatic N) is 5. The van der Waals surface area contributed by atoms with Gasteiger partial charge in [-0.15, -0.1) is 0 Å². The molecule has 0 spiro atoms. The predicted octanol–water partition coefficient (Wildman–Crippen LogP) is 2.88. The van der Waals surface area contributed by atoms with Crippen LogP contribution in [0.2, 0.25) is 5.02 Å². The first-order chi connectivity index (χ1) is 11.9. The molecule has 1 aliphatic rings. The Hall–Kier alpha value is -2.29. The number of aromatic nitrogens is 3. The van der Waals surface area contributed by atoms with Gasteiger partial charge in [0.15, 0.2) is 0 Å². The highest BCUT2D eigenvalue weighted by Gasteiger charge is 2.32. The summed E-state index contributed by atoms with van der Waals surface area (Å²) in [7, 11) is 1.53. The lowest BCUT2D eigenvalue weighted by molar-refractivity contribution is -0.137. The van der Waals surface area contributed by atoms with E-state index in [2.05, 4.69) is 15.0 Å². The van der Waals surface area contributed by atoms with E-state index in [0.717, 1.165) is 12.3 Å². The molecular formula is C15H15ClF3N5O. The van der Waals surface area contributed by atoms with Crippen molar-refractivity contribution in [2.75, 3.05) is 43.1 Å². The molecule has 0 bridgehead atoms. The number of rotatable bonds is 3. The minimum Gasteiger partial charge on any atom is -0.481 e. The Kier molecular flexibility index (Phi) is 4.85. The third kappa shape index (κ3) is 3.87. The fourth-order valence-corrected chi connectivity index (χ4v) is 2.82. The van der Waals surface area contributed by atoms with Crippen LogP contribution < -0.4 is 14.5 Å². The lowest BCUT2D eigenvalue weighted by atomic mass is 10.2. The molecule has 0 aromatic carbocycles. The molecule has 6 nitrogen and oxygen atoms in total. The van der Waals surface area contributed by atoms with E-state index in [1.165, 1.54) is 7.11 Å². The van der Waals surface area contributed by atoms with Crippen LogP contribution in [0.5, 0.6) is 5.88 Å². The van der Waals surface area contributed by atoms with E-state index in [1.54, 1.807) is 12.3 Å². The fraction of sp³-hybridized carbons (Fsp3) is 0.400. The molecule has 0 radical (unpaired) electrons. The summed E-state index contributed by atoms with van der Waals surface area (Å²) in [4.78, 5) is 16.2. The molecular weight excluding hydrogens is 359 g/mol. The molecule has 0 aliphatic carbocycles. The average Bonchev–Trinajstić information content (AvgIpc) is 2.61. The summed E-state index contributed by atoms with van der Waals surface area (Å²) >= 11 is 6.00. The molecule has 0 amide bonds. The van der Waals surface area contributed by atoms with Gasteiger partial charge in [0.2, 0.25) is 11.8 Å². The van der Waals surface area contributed by atoms with Crippen LogP contribution in [0, 0.1) is 0 Å². The van der Waals surface area contributed by atoms with Crippen LogP contribution in [0.1, 0.15) is 5.56 Å². The Morgan fingerprint density at radius 2 is 1.80 bits per heavy atom. The standard InChI is InChI=1S/C15H15ClF3N5O/c1-25-12-2-3-20-14(22-12)24-6-4-23(5-7-24)13-11(16)8-10(9-21-13)15(17,18)19/h2-3,8-9H,4-7H2,1H3. The Morgan fingerprint density at radius 3 is 2.40 bits per heavy atom. The van der Waals surface area contributed by atoms with Crippen molar-refractivity contribution in [1.82, 2.24) is 15.0 Å². The number of ether oxygens (including phenoxy) is 1. The highest BCUT2D eigenvalue weighted by molar-refractivity contribution is 6.33. The van der Waals surface area contributed by atoms with Gasteiger partial charge in [-0.05, 0) is 6.07 Å². The van der Waals surface area contributed by atoms with E-state index in [1.807, 2.05) is 9.80 Å². The molecule has 3 heterocycles. The number of alkyl halides is 3. The van der Waals surface area contributed by atoms with Crippen molar-refractivity contribution in [1.29, 1.82) is 0 Å². The Morgan fingerprint density at radius 1 is 1.12 bits per heavy atom. The molecule has 1 aliphatic heterocycles. The molecule has 0 saturated carbocycles. The van der Waals surface area contributed by atoms with E-state index in [4.69, 9.17) is 16.3 Å². The van der Waals surface area contributed by atoms with E-state index in [9.17, 15) is 13.2 Å². The molecule has 2 aromatic heterocycles. The second-order valence-corrected chi connectivity index (χ2v) is 5.81. The van der Waals surface area contributed by atoms with Crippen molar-refractivity contribution in [2.45, 2.75) is 6.18 Å². The highest BCUT2D eigenvalue weighted by Crippen LogP contribution is 2.33. The van der Waals surface area contributed by atoms with Crippen LogP contribution >= 0.6 is 11.6 Å². The van der Waals surface area contributed by atoms with E-state index < -0.39 is 11.7 Å². The van der Waals surface area contributed by atoms with Crippen molar-refractivity contribution in [2.24, 2.45) is 0 Å². The van der Waals surface area contributed by atoms with Gasteiger partial charge in [-0.25, -0.2) is 9.97 Å². The minimum atomic E-state index is -4.46. The molecule has 0 N–H and O–H groups in total. The summed E-state index contributed by atoms with van der Waals surface area (Å²) in [5, 5.41) is -0.0131. The van der Waals surface area contributed by atoms with Gasteiger partial charge >= 0.3 is 6.18 Å². The zero-order chi connectivity index (χ0) is 18.0. The zero-order valence-electron chi connectivity index (χ0n) is 13.3. The molecule has 3 rings (SSSR count). The molecule has 1 fully saturated rings. The topological polar surface area (TPSA) is 54.4 Å². The molecule has 134 valence electrons. The largest absolute Gasteiger partial charge is 0.481 e. The number of hydrogen-bond acceptors (Lipinski definition) is 6. The van der Waals surface area contributed by atoms with Crippen LogP contribution in [-0.2, 0) is 6.18 Å². The van der Waals surface area contributed by atoms with Gasteiger partial charge in [-0.3, -0.25) is 0 Å². The number of methoxy groups -OCH3 is 1. The quantitative estimate of drug-likeness (QED) is 0.824. The van der Waals surface area contributed by atoms with Gasteiger partial charge in [-0.1, -0.05) is 11.6 Å². The third-order valence-electron chi connectivity index (χ3n) is 3.84.